The highest BCUT2D eigenvalue weighted by Gasteiger charge is 2.32. The molecule has 0 N–H and O–H groups in total. The van der Waals surface area contributed by atoms with Gasteiger partial charge >= 0.3 is 0 Å². The zero-order valence-corrected chi connectivity index (χ0v) is 17.8. The molecule has 0 spiro atoms. The van der Waals surface area contributed by atoms with Crippen LogP contribution in [0.15, 0.2) is 30.3 Å². The van der Waals surface area contributed by atoms with Crippen molar-refractivity contribution in [2.24, 2.45) is 0 Å². The normalized spacial score (nSPS) is 16.4. The summed E-state index contributed by atoms with van der Waals surface area (Å²) in [5, 5.41) is 2.43. The van der Waals surface area contributed by atoms with Crippen molar-refractivity contribution >= 4 is 23.4 Å². The van der Waals surface area contributed by atoms with Crippen molar-refractivity contribution in [3.63, 3.8) is 0 Å². The second-order valence-electron chi connectivity index (χ2n) is 7.81. The molecule has 3 heteroatoms. The summed E-state index contributed by atoms with van der Waals surface area (Å²) in [7, 11) is 0. The number of benzene rings is 2. The van der Waals surface area contributed by atoms with Gasteiger partial charge < -0.3 is 9.47 Å². The lowest BCUT2D eigenvalue weighted by Crippen LogP contribution is -2.22. The zero-order valence-electron chi connectivity index (χ0n) is 16.9. The van der Waals surface area contributed by atoms with Crippen LogP contribution in [0.2, 0.25) is 0 Å². The highest BCUT2D eigenvalue weighted by atomic mass is 32.1. The molecule has 0 aliphatic heterocycles. The van der Waals surface area contributed by atoms with Crippen LogP contribution in [0.3, 0.4) is 0 Å². The largest absolute Gasteiger partial charge is 0.494 e. The molecule has 0 amide bonds. The predicted molar refractivity (Wildman–Crippen MR) is 119 cm³/mol. The van der Waals surface area contributed by atoms with E-state index in [1.54, 1.807) is 0 Å². The fraction of sp³-hybridized carbons (Fsp3) is 0.583. The van der Waals surface area contributed by atoms with Crippen molar-refractivity contribution in [2.75, 3.05) is 13.2 Å². The third kappa shape index (κ3) is 4.93. The highest BCUT2D eigenvalue weighted by Crippen LogP contribution is 2.47. The van der Waals surface area contributed by atoms with Crippen molar-refractivity contribution in [3.8, 4) is 11.5 Å². The minimum atomic E-state index is -0.0412. The van der Waals surface area contributed by atoms with Gasteiger partial charge in [-0.25, -0.2) is 0 Å². The SMILES string of the molecule is CCCCOc1ccc2c(OCCCC)ccc(C3(S)CCCCC3)c2c1. The third-order valence-electron chi connectivity index (χ3n) is 5.65. The lowest BCUT2D eigenvalue weighted by Gasteiger charge is -2.34. The predicted octanol–water partition coefficient (Wildman–Crippen LogP) is 7.29. The zero-order chi connectivity index (χ0) is 19.1. The Hall–Kier alpha value is -1.35. The molecule has 0 saturated heterocycles. The van der Waals surface area contributed by atoms with Gasteiger partial charge in [-0.1, -0.05) is 52.0 Å². The average molecular weight is 387 g/mol. The molecule has 0 unspecified atom stereocenters. The maximum absolute atomic E-state index is 6.11. The summed E-state index contributed by atoms with van der Waals surface area (Å²) >= 11 is 5.17. The first-order chi connectivity index (χ1) is 13.2. The number of hydrogen-bond acceptors (Lipinski definition) is 3. The van der Waals surface area contributed by atoms with Gasteiger partial charge in [0.2, 0.25) is 0 Å². The molecular formula is C24H34O2S. The van der Waals surface area contributed by atoms with Gasteiger partial charge in [0.25, 0.3) is 0 Å². The molecular weight excluding hydrogens is 352 g/mol. The van der Waals surface area contributed by atoms with Crippen LogP contribution >= 0.6 is 12.6 Å². The molecule has 2 aromatic rings. The first kappa shape index (κ1) is 20.4. The van der Waals surface area contributed by atoms with Crippen LogP contribution in [-0.2, 0) is 4.75 Å². The molecule has 0 aromatic heterocycles. The summed E-state index contributed by atoms with van der Waals surface area (Å²) in [4.78, 5) is 0. The van der Waals surface area contributed by atoms with E-state index in [2.05, 4.69) is 44.2 Å². The van der Waals surface area contributed by atoms with Gasteiger partial charge in [0.15, 0.2) is 0 Å². The van der Waals surface area contributed by atoms with E-state index < -0.39 is 0 Å². The molecule has 148 valence electrons. The maximum atomic E-state index is 6.11. The van der Waals surface area contributed by atoms with E-state index in [9.17, 15) is 0 Å². The lowest BCUT2D eigenvalue weighted by molar-refractivity contribution is 0.309. The van der Waals surface area contributed by atoms with Gasteiger partial charge in [-0.2, -0.15) is 12.6 Å². The summed E-state index contributed by atoms with van der Waals surface area (Å²) in [6.07, 6.45) is 10.6. The van der Waals surface area contributed by atoms with Gasteiger partial charge in [-0.15, -0.1) is 0 Å². The molecule has 0 radical (unpaired) electrons. The molecule has 0 heterocycles. The second-order valence-corrected chi connectivity index (χ2v) is 8.67. The minimum Gasteiger partial charge on any atom is -0.494 e. The van der Waals surface area contributed by atoms with Gasteiger partial charge in [0.05, 0.1) is 13.2 Å². The maximum Gasteiger partial charge on any atom is 0.127 e. The fourth-order valence-electron chi connectivity index (χ4n) is 3.99. The Morgan fingerprint density at radius 3 is 2.26 bits per heavy atom. The first-order valence-corrected chi connectivity index (χ1v) is 11.2. The van der Waals surface area contributed by atoms with E-state index in [-0.39, 0.29) is 4.75 Å². The van der Waals surface area contributed by atoms with E-state index >= 15 is 0 Å². The summed E-state index contributed by atoms with van der Waals surface area (Å²) in [5.41, 5.74) is 1.34. The van der Waals surface area contributed by atoms with Crippen LogP contribution in [0.5, 0.6) is 11.5 Å². The van der Waals surface area contributed by atoms with Crippen molar-refractivity contribution < 1.29 is 9.47 Å². The van der Waals surface area contributed by atoms with Crippen molar-refractivity contribution in [2.45, 2.75) is 76.4 Å². The van der Waals surface area contributed by atoms with Crippen LogP contribution in [0.25, 0.3) is 10.8 Å². The first-order valence-electron chi connectivity index (χ1n) is 10.7. The van der Waals surface area contributed by atoms with Crippen LogP contribution in [0.1, 0.15) is 77.2 Å². The number of rotatable bonds is 9. The minimum absolute atomic E-state index is 0.0412. The van der Waals surface area contributed by atoms with Crippen molar-refractivity contribution in [3.05, 3.63) is 35.9 Å². The highest BCUT2D eigenvalue weighted by molar-refractivity contribution is 7.81. The summed E-state index contributed by atoms with van der Waals surface area (Å²) in [5.74, 6) is 1.94. The molecule has 2 nitrogen and oxygen atoms in total. The van der Waals surface area contributed by atoms with Gasteiger partial charge in [-0.05, 0) is 60.9 Å². The molecule has 3 rings (SSSR count). The molecule has 1 fully saturated rings. The quantitative estimate of drug-likeness (QED) is 0.360. The van der Waals surface area contributed by atoms with Gasteiger partial charge in [-0.3, -0.25) is 0 Å². The van der Waals surface area contributed by atoms with E-state index in [1.807, 2.05) is 0 Å². The second kappa shape index (κ2) is 9.73. The third-order valence-corrected chi connectivity index (χ3v) is 6.34. The molecule has 0 atom stereocenters. The van der Waals surface area contributed by atoms with Crippen molar-refractivity contribution in [1.29, 1.82) is 0 Å². The number of thiol groups is 1. The number of unbranched alkanes of at least 4 members (excludes halogenated alkanes) is 2. The Bertz CT molecular complexity index is 734. The number of ether oxygens (including phenoxy) is 2. The van der Waals surface area contributed by atoms with Crippen LogP contribution < -0.4 is 9.47 Å². The van der Waals surface area contributed by atoms with Crippen LogP contribution in [0, 0.1) is 0 Å². The summed E-state index contributed by atoms with van der Waals surface area (Å²) < 4.78 is 12.1. The Balaban J connectivity index is 1.99. The number of hydrogen-bond donors (Lipinski definition) is 1. The van der Waals surface area contributed by atoms with E-state index in [0.29, 0.717) is 0 Å². The topological polar surface area (TPSA) is 18.5 Å². The Kier molecular flexibility index (Phi) is 7.34. The van der Waals surface area contributed by atoms with E-state index in [0.717, 1.165) is 63.2 Å². The fourth-order valence-corrected chi connectivity index (χ4v) is 4.50. The Morgan fingerprint density at radius 2 is 1.56 bits per heavy atom. The molecule has 1 saturated carbocycles. The van der Waals surface area contributed by atoms with Gasteiger partial charge in [0.1, 0.15) is 11.5 Å². The van der Waals surface area contributed by atoms with Gasteiger partial charge in [0, 0.05) is 10.1 Å². The summed E-state index contributed by atoms with van der Waals surface area (Å²) in [6, 6.07) is 10.9. The average Bonchev–Trinajstić information content (AvgIpc) is 2.68. The smallest absolute Gasteiger partial charge is 0.127 e. The Labute approximate surface area is 170 Å². The van der Waals surface area contributed by atoms with E-state index in [1.165, 1.54) is 35.6 Å². The van der Waals surface area contributed by atoms with Crippen molar-refractivity contribution in [1.82, 2.24) is 0 Å². The number of fused-ring (bicyclic) bond motifs is 1. The molecule has 0 bridgehead atoms. The Morgan fingerprint density at radius 1 is 0.852 bits per heavy atom. The monoisotopic (exact) mass is 386 g/mol. The lowest BCUT2D eigenvalue weighted by atomic mass is 9.81. The molecule has 2 aromatic carbocycles. The van der Waals surface area contributed by atoms with E-state index in [4.69, 9.17) is 22.1 Å². The molecule has 1 aliphatic carbocycles. The van der Waals surface area contributed by atoms with Crippen LogP contribution in [0.4, 0.5) is 0 Å². The standard InChI is InChI=1S/C24H34O2S/c1-3-5-16-25-19-10-11-20-21(18-19)22(24(27)14-8-7-9-15-24)12-13-23(20)26-17-6-4-2/h10-13,18,27H,3-9,14-17H2,1-2H3. The summed E-state index contributed by atoms with van der Waals surface area (Å²) in [6.45, 7) is 5.93. The van der Waals surface area contributed by atoms with Crippen LogP contribution in [-0.4, -0.2) is 13.2 Å². The molecule has 27 heavy (non-hydrogen) atoms. The molecule has 1 aliphatic rings.